The number of aromatic nitrogens is 1. The van der Waals surface area contributed by atoms with Crippen molar-refractivity contribution in [2.75, 3.05) is 13.2 Å². The number of pyridine rings is 1. The van der Waals surface area contributed by atoms with E-state index in [0.29, 0.717) is 12.4 Å². The van der Waals surface area contributed by atoms with Crippen LogP contribution in [0.15, 0.2) is 35.1 Å². The van der Waals surface area contributed by atoms with E-state index >= 15 is 0 Å². The Morgan fingerprint density at radius 1 is 1.33 bits per heavy atom. The van der Waals surface area contributed by atoms with Gasteiger partial charge in [-0.15, -0.1) is 0 Å². The summed E-state index contributed by atoms with van der Waals surface area (Å²) in [4.78, 5) is 14.3. The van der Waals surface area contributed by atoms with Crippen molar-refractivity contribution in [3.05, 3.63) is 40.7 Å². The lowest BCUT2D eigenvalue weighted by molar-refractivity contribution is 0.0983. The fourth-order valence-corrected chi connectivity index (χ4v) is 1.61. The fraction of sp³-hybridized carbons (Fsp3) is 0.357. The zero-order valence-electron chi connectivity index (χ0n) is 10.6. The molecule has 2 aromatic rings. The van der Waals surface area contributed by atoms with Gasteiger partial charge < -0.3 is 14.8 Å². The van der Waals surface area contributed by atoms with E-state index in [-0.39, 0.29) is 17.6 Å². The predicted octanol–water partition coefficient (Wildman–Crippen LogP) is 1.93. The van der Waals surface area contributed by atoms with E-state index < -0.39 is 0 Å². The van der Waals surface area contributed by atoms with E-state index in [0.717, 1.165) is 10.9 Å². The number of aliphatic hydroxyl groups is 1. The second-order valence-electron chi connectivity index (χ2n) is 5.15. The SMILES string of the molecule is CC(C)(CO)COc1cc(=O)[nH]c2ccccc12. The van der Waals surface area contributed by atoms with E-state index in [1.165, 1.54) is 6.07 Å². The van der Waals surface area contributed by atoms with E-state index in [1.807, 2.05) is 38.1 Å². The second kappa shape index (κ2) is 4.82. The summed E-state index contributed by atoms with van der Waals surface area (Å²) in [6.45, 7) is 4.20. The van der Waals surface area contributed by atoms with Crippen LogP contribution < -0.4 is 10.3 Å². The monoisotopic (exact) mass is 247 g/mol. The summed E-state index contributed by atoms with van der Waals surface area (Å²) in [6.07, 6.45) is 0. The van der Waals surface area contributed by atoms with Crippen molar-refractivity contribution in [3.63, 3.8) is 0 Å². The Morgan fingerprint density at radius 3 is 2.78 bits per heavy atom. The molecule has 0 aliphatic rings. The molecule has 0 atom stereocenters. The number of rotatable bonds is 4. The Kier molecular flexibility index (Phi) is 3.39. The minimum absolute atomic E-state index is 0.0358. The smallest absolute Gasteiger partial charge is 0.252 e. The van der Waals surface area contributed by atoms with E-state index in [9.17, 15) is 9.90 Å². The first-order valence-corrected chi connectivity index (χ1v) is 5.87. The van der Waals surface area contributed by atoms with Crippen molar-refractivity contribution in [1.29, 1.82) is 0 Å². The number of aliphatic hydroxyl groups excluding tert-OH is 1. The Morgan fingerprint density at radius 2 is 2.06 bits per heavy atom. The van der Waals surface area contributed by atoms with E-state index in [2.05, 4.69) is 4.98 Å². The minimum Gasteiger partial charge on any atom is -0.492 e. The van der Waals surface area contributed by atoms with Crippen LogP contribution in [-0.2, 0) is 0 Å². The van der Waals surface area contributed by atoms with Crippen molar-refractivity contribution in [1.82, 2.24) is 4.98 Å². The number of benzene rings is 1. The summed E-state index contributed by atoms with van der Waals surface area (Å²) >= 11 is 0. The van der Waals surface area contributed by atoms with Gasteiger partial charge in [-0.05, 0) is 12.1 Å². The van der Waals surface area contributed by atoms with Crippen molar-refractivity contribution in [2.24, 2.45) is 5.41 Å². The van der Waals surface area contributed by atoms with E-state index in [1.54, 1.807) is 0 Å². The number of hydrogen-bond donors (Lipinski definition) is 2. The first-order valence-electron chi connectivity index (χ1n) is 5.87. The summed E-state index contributed by atoms with van der Waals surface area (Å²) < 4.78 is 5.68. The van der Waals surface area contributed by atoms with Gasteiger partial charge in [0.25, 0.3) is 5.56 Å². The largest absolute Gasteiger partial charge is 0.492 e. The average molecular weight is 247 g/mol. The predicted molar refractivity (Wildman–Crippen MR) is 70.9 cm³/mol. The quantitative estimate of drug-likeness (QED) is 0.867. The maximum absolute atomic E-state index is 11.5. The Balaban J connectivity index is 2.36. The normalized spacial score (nSPS) is 11.7. The molecule has 0 bridgehead atoms. The Labute approximate surface area is 105 Å². The van der Waals surface area contributed by atoms with Crippen molar-refractivity contribution < 1.29 is 9.84 Å². The van der Waals surface area contributed by atoms with Crippen LogP contribution in [0.2, 0.25) is 0 Å². The third-order valence-electron chi connectivity index (χ3n) is 2.76. The molecule has 0 saturated carbocycles. The standard InChI is InChI=1S/C14H17NO3/c1-14(2,8-16)9-18-12-7-13(17)15-11-6-4-3-5-10(11)12/h3-7,16H,8-9H2,1-2H3,(H,15,17). The third kappa shape index (κ3) is 2.71. The zero-order valence-corrected chi connectivity index (χ0v) is 10.6. The maximum atomic E-state index is 11.5. The fourth-order valence-electron chi connectivity index (χ4n) is 1.61. The van der Waals surface area contributed by atoms with Gasteiger partial charge in [0.2, 0.25) is 0 Å². The minimum atomic E-state index is -0.330. The molecule has 2 N–H and O–H groups in total. The molecule has 96 valence electrons. The number of para-hydroxylation sites is 1. The molecule has 4 nitrogen and oxygen atoms in total. The highest BCUT2D eigenvalue weighted by atomic mass is 16.5. The van der Waals surface area contributed by atoms with Gasteiger partial charge in [0.05, 0.1) is 18.7 Å². The van der Waals surface area contributed by atoms with Gasteiger partial charge in [-0.2, -0.15) is 0 Å². The first kappa shape index (κ1) is 12.6. The third-order valence-corrected chi connectivity index (χ3v) is 2.76. The van der Waals surface area contributed by atoms with Gasteiger partial charge in [-0.3, -0.25) is 4.79 Å². The van der Waals surface area contributed by atoms with Crippen molar-refractivity contribution in [3.8, 4) is 5.75 Å². The maximum Gasteiger partial charge on any atom is 0.252 e. The number of H-pyrrole nitrogens is 1. The summed E-state index contributed by atoms with van der Waals surface area (Å²) in [5.74, 6) is 0.552. The molecule has 0 radical (unpaired) electrons. The molecule has 0 aliphatic heterocycles. The van der Waals surface area contributed by atoms with Gasteiger partial charge in [0.1, 0.15) is 5.75 Å². The topological polar surface area (TPSA) is 62.3 Å². The molecule has 0 aliphatic carbocycles. The molecule has 0 saturated heterocycles. The lowest BCUT2D eigenvalue weighted by Crippen LogP contribution is -2.25. The van der Waals surface area contributed by atoms with Gasteiger partial charge in [-0.25, -0.2) is 0 Å². The first-order chi connectivity index (χ1) is 8.52. The highest BCUT2D eigenvalue weighted by molar-refractivity contribution is 5.84. The van der Waals surface area contributed by atoms with Crippen LogP contribution in [0.1, 0.15) is 13.8 Å². The second-order valence-corrected chi connectivity index (χ2v) is 5.15. The number of nitrogens with one attached hydrogen (secondary N) is 1. The molecule has 0 fully saturated rings. The van der Waals surface area contributed by atoms with Gasteiger partial charge in [0, 0.05) is 16.9 Å². The Bertz CT molecular complexity index is 601. The zero-order chi connectivity index (χ0) is 13.2. The van der Waals surface area contributed by atoms with Crippen molar-refractivity contribution >= 4 is 10.9 Å². The highest BCUT2D eigenvalue weighted by Crippen LogP contribution is 2.24. The van der Waals surface area contributed by atoms with Gasteiger partial charge >= 0.3 is 0 Å². The average Bonchev–Trinajstić information content (AvgIpc) is 2.36. The molecule has 0 spiro atoms. The number of ether oxygens (including phenoxy) is 1. The molecule has 1 aromatic heterocycles. The van der Waals surface area contributed by atoms with Crippen LogP contribution in [-0.4, -0.2) is 23.3 Å². The Hall–Kier alpha value is -1.81. The molecule has 18 heavy (non-hydrogen) atoms. The summed E-state index contributed by atoms with van der Waals surface area (Å²) in [7, 11) is 0. The summed E-state index contributed by atoms with van der Waals surface area (Å²) in [6, 6.07) is 8.92. The van der Waals surface area contributed by atoms with Crippen LogP contribution in [0.3, 0.4) is 0 Å². The van der Waals surface area contributed by atoms with Crippen molar-refractivity contribution in [2.45, 2.75) is 13.8 Å². The highest BCUT2D eigenvalue weighted by Gasteiger charge is 2.18. The van der Waals surface area contributed by atoms with Crippen LogP contribution in [0, 0.1) is 5.41 Å². The van der Waals surface area contributed by atoms with Crippen LogP contribution >= 0.6 is 0 Å². The number of hydrogen-bond acceptors (Lipinski definition) is 3. The van der Waals surface area contributed by atoms with Gasteiger partial charge in [-0.1, -0.05) is 26.0 Å². The number of fused-ring (bicyclic) bond motifs is 1. The van der Waals surface area contributed by atoms with E-state index in [4.69, 9.17) is 4.74 Å². The molecule has 0 amide bonds. The lowest BCUT2D eigenvalue weighted by atomic mass is 9.96. The molecular weight excluding hydrogens is 230 g/mol. The molecule has 2 rings (SSSR count). The lowest BCUT2D eigenvalue weighted by Gasteiger charge is -2.22. The molecule has 1 aromatic carbocycles. The van der Waals surface area contributed by atoms with Crippen LogP contribution in [0.4, 0.5) is 0 Å². The number of aromatic amines is 1. The molecule has 4 heteroatoms. The molecular formula is C14H17NO3. The molecule has 1 heterocycles. The summed E-state index contributed by atoms with van der Waals surface area (Å²) in [5, 5.41) is 10.1. The molecule has 0 unspecified atom stereocenters. The van der Waals surface area contributed by atoms with Crippen LogP contribution in [0.25, 0.3) is 10.9 Å². The van der Waals surface area contributed by atoms with Crippen LogP contribution in [0.5, 0.6) is 5.75 Å². The van der Waals surface area contributed by atoms with Gasteiger partial charge in [0.15, 0.2) is 0 Å². The summed E-state index contributed by atoms with van der Waals surface area (Å²) in [5.41, 5.74) is 0.233.